The van der Waals surface area contributed by atoms with Crippen LogP contribution in [0.1, 0.15) is 57.1 Å². The highest BCUT2D eigenvalue weighted by molar-refractivity contribution is 14.0. The molecule has 0 amide bonds. The fraction of sp³-hybridized carbons (Fsp3) is 0.611. The van der Waals surface area contributed by atoms with Gasteiger partial charge in [-0.2, -0.15) is 0 Å². The van der Waals surface area contributed by atoms with Crippen LogP contribution < -0.4 is 15.4 Å². The summed E-state index contributed by atoms with van der Waals surface area (Å²) in [4.78, 5) is 4.36. The van der Waals surface area contributed by atoms with Crippen LogP contribution in [-0.4, -0.2) is 25.2 Å². The van der Waals surface area contributed by atoms with Crippen molar-refractivity contribution < 1.29 is 4.74 Å². The van der Waals surface area contributed by atoms with Crippen LogP contribution in [0.15, 0.2) is 29.3 Å². The second kappa shape index (κ2) is 8.22. The largest absolute Gasteiger partial charge is 0.487 e. The van der Waals surface area contributed by atoms with Crippen molar-refractivity contribution in [2.24, 2.45) is 4.99 Å². The van der Waals surface area contributed by atoms with Gasteiger partial charge in [-0.05, 0) is 38.2 Å². The molecule has 23 heavy (non-hydrogen) atoms. The van der Waals surface area contributed by atoms with E-state index in [1.54, 1.807) is 0 Å². The summed E-state index contributed by atoms with van der Waals surface area (Å²) in [6, 6.07) is 8.69. The van der Waals surface area contributed by atoms with Crippen molar-refractivity contribution >= 4 is 29.9 Å². The molecule has 0 bridgehead atoms. The third kappa shape index (κ3) is 4.11. The topological polar surface area (TPSA) is 45.7 Å². The molecule has 5 heteroatoms. The molecule has 2 aliphatic rings. The van der Waals surface area contributed by atoms with E-state index < -0.39 is 0 Å². The van der Waals surface area contributed by atoms with Crippen LogP contribution in [0.2, 0.25) is 0 Å². The maximum Gasteiger partial charge on any atom is 0.191 e. The summed E-state index contributed by atoms with van der Waals surface area (Å²) in [6.07, 6.45) is 7.00. The molecule has 4 nitrogen and oxygen atoms in total. The molecule has 1 heterocycles. The summed E-state index contributed by atoms with van der Waals surface area (Å²) in [5.41, 5.74) is 1.27. The molecule has 0 saturated heterocycles. The number of nitrogens with zero attached hydrogens (tertiary/aromatic N) is 1. The van der Waals surface area contributed by atoms with Gasteiger partial charge in [-0.15, -0.1) is 24.0 Å². The van der Waals surface area contributed by atoms with Gasteiger partial charge in [0.1, 0.15) is 11.4 Å². The Labute approximate surface area is 156 Å². The van der Waals surface area contributed by atoms with Crippen LogP contribution in [0.5, 0.6) is 5.75 Å². The fourth-order valence-corrected chi connectivity index (χ4v) is 3.68. The molecule has 1 fully saturated rings. The van der Waals surface area contributed by atoms with Gasteiger partial charge in [0.2, 0.25) is 0 Å². The molecular formula is C18H28IN3O. The third-order valence-corrected chi connectivity index (χ3v) is 4.79. The number of guanidine groups is 1. The smallest absolute Gasteiger partial charge is 0.191 e. The number of benzene rings is 1. The summed E-state index contributed by atoms with van der Waals surface area (Å²) in [5, 5.41) is 6.98. The first kappa shape index (κ1) is 18.4. The second-order valence-electron chi connectivity index (χ2n) is 6.43. The molecule has 3 rings (SSSR count). The zero-order valence-corrected chi connectivity index (χ0v) is 16.4. The molecule has 1 aromatic carbocycles. The zero-order chi connectivity index (χ0) is 15.4. The van der Waals surface area contributed by atoms with Crippen LogP contribution >= 0.6 is 24.0 Å². The summed E-state index contributed by atoms with van der Waals surface area (Å²) in [7, 11) is 1.83. The lowest BCUT2D eigenvalue weighted by molar-refractivity contribution is 0.0396. The van der Waals surface area contributed by atoms with Crippen LogP contribution in [0.3, 0.4) is 0 Å². The monoisotopic (exact) mass is 429 g/mol. The Morgan fingerprint density at radius 2 is 2.04 bits per heavy atom. The number of hydrogen-bond donors (Lipinski definition) is 2. The lowest BCUT2D eigenvalue weighted by Gasteiger charge is -2.40. The quantitative estimate of drug-likeness (QED) is 0.434. The highest BCUT2D eigenvalue weighted by atomic mass is 127. The molecule has 128 valence electrons. The Kier molecular flexibility index (Phi) is 6.56. The van der Waals surface area contributed by atoms with Crippen molar-refractivity contribution in [1.29, 1.82) is 0 Å². The molecule has 1 unspecified atom stereocenters. The highest BCUT2D eigenvalue weighted by Gasteiger charge is 2.43. The summed E-state index contributed by atoms with van der Waals surface area (Å²) in [6.45, 7) is 3.10. The number of fused-ring (bicyclic) bond motifs is 1. The molecule has 1 saturated carbocycles. The van der Waals surface area contributed by atoms with Crippen molar-refractivity contribution in [3.63, 3.8) is 0 Å². The molecular weight excluding hydrogens is 401 g/mol. The van der Waals surface area contributed by atoms with Gasteiger partial charge in [-0.25, -0.2) is 0 Å². The maximum absolute atomic E-state index is 6.41. The highest BCUT2D eigenvalue weighted by Crippen LogP contribution is 2.46. The van der Waals surface area contributed by atoms with Crippen molar-refractivity contribution in [3.05, 3.63) is 29.8 Å². The average Bonchev–Trinajstić information content (AvgIpc) is 2.98. The lowest BCUT2D eigenvalue weighted by atomic mass is 9.86. The van der Waals surface area contributed by atoms with Gasteiger partial charge in [0, 0.05) is 25.6 Å². The van der Waals surface area contributed by atoms with E-state index in [0.29, 0.717) is 0 Å². The number of ether oxygens (including phenoxy) is 1. The maximum atomic E-state index is 6.41. The molecule has 0 aromatic heterocycles. The minimum Gasteiger partial charge on any atom is -0.487 e. The summed E-state index contributed by atoms with van der Waals surface area (Å²) >= 11 is 0. The molecule has 1 spiro atoms. The number of rotatable bonds is 3. The van der Waals surface area contributed by atoms with Crippen LogP contribution in [-0.2, 0) is 0 Å². The van der Waals surface area contributed by atoms with E-state index in [4.69, 9.17) is 4.74 Å². The van der Waals surface area contributed by atoms with Crippen LogP contribution in [0, 0.1) is 0 Å². The van der Waals surface area contributed by atoms with Gasteiger partial charge < -0.3 is 15.4 Å². The van der Waals surface area contributed by atoms with Crippen LogP contribution in [0.25, 0.3) is 0 Å². The van der Waals surface area contributed by atoms with E-state index in [1.807, 2.05) is 7.05 Å². The average molecular weight is 429 g/mol. The van der Waals surface area contributed by atoms with E-state index in [1.165, 1.54) is 31.2 Å². The van der Waals surface area contributed by atoms with Gasteiger partial charge in [0.05, 0.1) is 6.04 Å². The molecule has 1 aromatic rings. The van der Waals surface area contributed by atoms with Crippen molar-refractivity contribution in [3.8, 4) is 5.75 Å². The van der Waals surface area contributed by atoms with Crippen molar-refractivity contribution in [1.82, 2.24) is 10.6 Å². The van der Waals surface area contributed by atoms with Gasteiger partial charge >= 0.3 is 0 Å². The SMILES string of the molecule is CCCNC(=NC)NC1CC2(CCCC2)Oc2ccccc21.I. The van der Waals surface area contributed by atoms with E-state index in [-0.39, 0.29) is 35.6 Å². The summed E-state index contributed by atoms with van der Waals surface area (Å²) in [5.74, 6) is 1.93. The van der Waals surface area contributed by atoms with Crippen LogP contribution in [0.4, 0.5) is 0 Å². The van der Waals surface area contributed by atoms with Gasteiger partial charge in [0.15, 0.2) is 5.96 Å². The number of hydrogen-bond acceptors (Lipinski definition) is 2. The second-order valence-corrected chi connectivity index (χ2v) is 6.43. The Bertz CT molecular complexity index is 541. The lowest BCUT2D eigenvalue weighted by Crippen LogP contribution is -2.46. The minimum atomic E-state index is 0. The Hall–Kier alpha value is -0.980. The number of aliphatic imine (C=N–C) groups is 1. The van der Waals surface area contributed by atoms with E-state index in [2.05, 4.69) is 46.8 Å². The van der Waals surface area contributed by atoms with Gasteiger partial charge in [-0.1, -0.05) is 25.1 Å². The molecule has 2 N–H and O–H groups in total. The van der Waals surface area contributed by atoms with E-state index in [0.717, 1.165) is 31.1 Å². The fourth-order valence-electron chi connectivity index (χ4n) is 3.68. The van der Waals surface area contributed by atoms with E-state index in [9.17, 15) is 0 Å². The Morgan fingerprint density at radius 1 is 1.30 bits per heavy atom. The first-order valence-electron chi connectivity index (χ1n) is 8.51. The number of nitrogens with one attached hydrogen (secondary N) is 2. The van der Waals surface area contributed by atoms with Crippen molar-refractivity contribution in [2.45, 2.75) is 57.1 Å². The standard InChI is InChI=1S/C18H27N3O.HI/c1-3-12-20-17(19-2)21-15-13-18(10-6-7-11-18)22-16-9-5-4-8-14(15)16;/h4-5,8-9,15H,3,6-7,10-13H2,1-2H3,(H2,19,20,21);1H. The number of para-hydroxylation sites is 1. The normalized spacial score (nSPS) is 22.0. The predicted octanol–water partition coefficient (Wildman–Crippen LogP) is 4.02. The predicted molar refractivity (Wildman–Crippen MR) is 106 cm³/mol. The molecule has 1 aliphatic heterocycles. The first-order valence-corrected chi connectivity index (χ1v) is 8.51. The minimum absolute atomic E-state index is 0. The van der Waals surface area contributed by atoms with E-state index >= 15 is 0 Å². The molecule has 1 atom stereocenters. The Morgan fingerprint density at radius 3 is 2.74 bits per heavy atom. The van der Waals surface area contributed by atoms with Gasteiger partial charge in [-0.3, -0.25) is 4.99 Å². The van der Waals surface area contributed by atoms with Crippen molar-refractivity contribution in [2.75, 3.05) is 13.6 Å². The number of halogens is 1. The van der Waals surface area contributed by atoms with Gasteiger partial charge in [0.25, 0.3) is 0 Å². The third-order valence-electron chi connectivity index (χ3n) is 4.79. The zero-order valence-electron chi connectivity index (χ0n) is 14.1. The summed E-state index contributed by atoms with van der Waals surface area (Å²) < 4.78 is 6.41. The molecule has 0 radical (unpaired) electrons. The Balaban J connectivity index is 0.00000192. The first-order chi connectivity index (χ1) is 10.8. The molecule has 1 aliphatic carbocycles.